The van der Waals surface area contributed by atoms with Crippen molar-refractivity contribution in [2.75, 3.05) is 31.8 Å². The van der Waals surface area contributed by atoms with Crippen LogP contribution in [0, 0.1) is 5.92 Å². The Kier molecular flexibility index (Phi) is 5.72. The molecule has 0 heterocycles. The molecule has 16 heavy (non-hydrogen) atoms. The number of hydrogen-bond donors (Lipinski definition) is 1. The van der Waals surface area contributed by atoms with Crippen LogP contribution in [0.5, 0.6) is 0 Å². The molecular formula is C11H23NO3S. The van der Waals surface area contributed by atoms with E-state index in [1.807, 2.05) is 0 Å². The molecule has 1 fully saturated rings. The molecule has 1 rings (SSSR count). The molecule has 0 amide bonds. The van der Waals surface area contributed by atoms with Gasteiger partial charge >= 0.3 is 0 Å². The van der Waals surface area contributed by atoms with E-state index in [1.54, 1.807) is 0 Å². The SMILES string of the molecule is CCC(NCCOCCS(C)(=O)=O)C1CC1. The molecule has 0 aliphatic heterocycles. The monoisotopic (exact) mass is 249 g/mol. The van der Waals surface area contributed by atoms with Gasteiger partial charge in [0.15, 0.2) is 0 Å². The van der Waals surface area contributed by atoms with E-state index in [4.69, 9.17) is 4.74 Å². The highest BCUT2D eigenvalue weighted by atomic mass is 32.2. The maximum absolute atomic E-state index is 10.8. The number of nitrogens with one attached hydrogen (secondary N) is 1. The molecule has 0 saturated heterocycles. The third-order valence-electron chi connectivity index (χ3n) is 2.88. The average molecular weight is 249 g/mol. The Balaban J connectivity index is 1.95. The van der Waals surface area contributed by atoms with E-state index in [1.165, 1.54) is 19.1 Å². The highest BCUT2D eigenvalue weighted by Crippen LogP contribution is 2.33. The first-order chi connectivity index (χ1) is 7.53. The van der Waals surface area contributed by atoms with Gasteiger partial charge in [-0.3, -0.25) is 0 Å². The van der Waals surface area contributed by atoms with E-state index in [9.17, 15) is 8.42 Å². The van der Waals surface area contributed by atoms with Crippen LogP contribution in [0.4, 0.5) is 0 Å². The standard InChI is InChI=1S/C11H23NO3S/c1-3-11(10-4-5-10)12-6-7-15-8-9-16(2,13)14/h10-12H,3-9H2,1-2H3. The van der Waals surface area contributed by atoms with Crippen molar-refractivity contribution in [2.24, 2.45) is 5.92 Å². The zero-order chi connectivity index (χ0) is 12.0. The minimum atomic E-state index is -2.88. The number of sulfone groups is 1. The van der Waals surface area contributed by atoms with Gasteiger partial charge in [0.1, 0.15) is 9.84 Å². The first-order valence-corrected chi connectivity index (χ1v) is 8.08. The number of ether oxygens (including phenoxy) is 1. The fraction of sp³-hybridized carbons (Fsp3) is 1.00. The lowest BCUT2D eigenvalue weighted by Crippen LogP contribution is -2.33. The molecule has 0 radical (unpaired) electrons. The van der Waals surface area contributed by atoms with E-state index in [-0.39, 0.29) is 5.75 Å². The molecule has 1 aliphatic rings. The summed E-state index contributed by atoms with van der Waals surface area (Å²) in [4.78, 5) is 0. The number of rotatable bonds is 9. The van der Waals surface area contributed by atoms with Crippen molar-refractivity contribution in [1.82, 2.24) is 5.32 Å². The maximum atomic E-state index is 10.8. The minimum Gasteiger partial charge on any atom is -0.379 e. The van der Waals surface area contributed by atoms with Gasteiger partial charge in [-0.2, -0.15) is 0 Å². The maximum Gasteiger partial charge on any atom is 0.149 e. The van der Waals surface area contributed by atoms with Crippen molar-refractivity contribution in [3.63, 3.8) is 0 Å². The topological polar surface area (TPSA) is 55.4 Å². The average Bonchev–Trinajstić information content (AvgIpc) is 2.99. The molecule has 0 bridgehead atoms. The summed E-state index contributed by atoms with van der Waals surface area (Å²) in [5.41, 5.74) is 0. The lowest BCUT2D eigenvalue weighted by atomic mass is 10.1. The second kappa shape index (κ2) is 6.57. The van der Waals surface area contributed by atoms with E-state index in [2.05, 4.69) is 12.2 Å². The summed E-state index contributed by atoms with van der Waals surface area (Å²) in [6.45, 7) is 3.92. The van der Waals surface area contributed by atoms with Crippen molar-refractivity contribution in [3.05, 3.63) is 0 Å². The molecular weight excluding hydrogens is 226 g/mol. The van der Waals surface area contributed by atoms with Gasteiger partial charge in [0.2, 0.25) is 0 Å². The molecule has 5 heteroatoms. The van der Waals surface area contributed by atoms with Crippen molar-refractivity contribution in [2.45, 2.75) is 32.2 Å². The predicted molar refractivity (Wildman–Crippen MR) is 65.3 cm³/mol. The first-order valence-electron chi connectivity index (χ1n) is 6.02. The summed E-state index contributed by atoms with van der Waals surface area (Å²) in [5, 5.41) is 3.45. The number of hydrogen-bond acceptors (Lipinski definition) is 4. The van der Waals surface area contributed by atoms with Gasteiger partial charge in [-0.1, -0.05) is 6.92 Å². The van der Waals surface area contributed by atoms with Crippen LogP contribution in [-0.4, -0.2) is 46.2 Å². The Labute approximate surface area is 98.7 Å². The molecule has 1 saturated carbocycles. The summed E-state index contributed by atoms with van der Waals surface area (Å²) in [6.07, 6.45) is 5.09. The van der Waals surface area contributed by atoms with Gasteiger partial charge in [-0.05, 0) is 25.2 Å². The lowest BCUT2D eigenvalue weighted by Gasteiger charge is -2.15. The molecule has 1 aliphatic carbocycles. The molecule has 96 valence electrons. The Bertz CT molecular complexity index is 286. The van der Waals surface area contributed by atoms with Gasteiger partial charge in [0.25, 0.3) is 0 Å². The summed E-state index contributed by atoms with van der Waals surface area (Å²) < 4.78 is 26.9. The van der Waals surface area contributed by atoms with Crippen LogP contribution in [0.25, 0.3) is 0 Å². The Morgan fingerprint density at radius 2 is 2.06 bits per heavy atom. The van der Waals surface area contributed by atoms with Crippen LogP contribution < -0.4 is 5.32 Å². The van der Waals surface area contributed by atoms with Crippen LogP contribution in [0.3, 0.4) is 0 Å². The fourth-order valence-electron chi connectivity index (χ4n) is 1.77. The quantitative estimate of drug-likeness (QED) is 0.615. The first kappa shape index (κ1) is 13.9. The smallest absolute Gasteiger partial charge is 0.149 e. The highest BCUT2D eigenvalue weighted by Gasteiger charge is 2.29. The van der Waals surface area contributed by atoms with Crippen LogP contribution in [0.15, 0.2) is 0 Å². The van der Waals surface area contributed by atoms with Crippen molar-refractivity contribution in [1.29, 1.82) is 0 Å². The third kappa shape index (κ3) is 6.45. The zero-order valence-corrected chi connectivity index (χ0v) is 11.1. The summed E-state index contributed by atoms with van der Waals surface area (Å²) in [7, 11) is -2.88. The Hall–Kier alpha value is -0.130. The third-order valence-corrected chi connectivity index (χ3v) is 3.79. The van der Waals surface area contributed by atoms with E-state index in [0.29, 0.717) is 19.3 Å². The lowest BCUT2D eigenvalue weighted by molar-refractivity contribution is 0.147. The van der Waals surface area contributed by atoms with Gasteiger partial charge in [0, 0.05) is 18.8 Å². The molecule has 0 aromatic heterocycles. The van der Waals surface area contributed by atoms with Crippen LogP contribution in [-0.2, 0) is 14.6 Å². The fourth-order valence-corrected chi connectivity index (χ4v) is 2.19. The summed E-state index contributed by atoms with van der Waals surface area (Å²) in [6, 6.07) is 0.624. The molecule has 1 N–H and O–H groups in total. The van der Waals surface area contributed by atoms with Crippen LogP contribution in [0.1, 0.15) is 26.2 Å². The second-order valence-corrected chi connectivity index (χ2v) is 6.81. The Morgan fingerprint density at radius 1 is 1.38 bits per heavy atom. The van der Waals surface area contributed by atoms with Crippen molar-refractivity contribution in [3.8, 4) is 0 Å². The summed E-state index contributed by atoms with van der Waals surface area (Å²) in [5.74, 6) is 0.980. The van der Waals surface area contributed by atoms with E-state index >= 15 is 0 Å². The zero-order valence-electron chi connectivity index (χ0n) is 10.2. The molecule has 1 atom stereocenters. The van der Waals surface area contributed by atoms with E-state index < -0.39 is 9.84 Å². The highest BCUT2D eigenvalue weighted by molar-refractivity contribution is 7.90. The van der Waals surface area contributed by atoms with Gasteiger partial charge in [-0.25, -0.2) is 8.42 Å². The van der Waals surface area contributed by atoms with Crippen molar-refractivity contribution < 1.29 is 13.2 Å². The molecule has 0 aromatic carbocycles. The molecule has 0 spiro atoms. The van der Waals surface area contributed by atoms with E-state index in [0.717, 1.165) is 18.9 Å². The van der Waals surface area contributed by atoms with Gasteiger partial charge < -0.3 is 10.1 Å². The van der Waals surface area contributed by atoms with Crippen LogP contribution >= 0.6 is 0 Å². The summed E-state index contributed by atoms with van der Waals surface area (Å²) >= 11 is 0. The minimum absolute atomic E-state index is 0.118. The second-order valence-electron chi connectivity index (χ2n) is 4.55. The normalized spacial score (nSPS) is 18.6. The predicted octanol–water partition coefficient (Wildman–Crippen LogP) is 0.826. The van der Waals surface area contributed by atoms with Crippen LogP contribution in [0.2, 0.25) is 0 Å². The van der Waals surface area contributed by atoms with Crippen molar-refractivity contribution >= 4 is 9.84 Å². The van der Waals surface area contributed by atoms with Gasteiger partial charge in [0.05, 0.1) is 19.0 Å². The molecule has 1 unspecified atom stereocenters. The van der Waals surface area contributed by atoms with Gasteiger partial charge in [-0.15, -0.1) is 0 Å². The largest absolute Gasteiger partial charge is 0.379 e. The molecule has 0 aromatic rings. The Morgan fingerprint density at radius 3 is 2.56 bits per heavy atom. The molecule has 4 nitrogen and oxygen atoms in total.